The van der Waals surface area contributed by atoms with Crippen LogP contribution in [0.2, 0.25) is 30.7 Å². The zero-order chi connectivity index (χ0) is 12.2. The highest BCUT2D eigenvalue weighted by Crippen LogP contribution is 2.15. The van der Waals surface area contributed by atoms with E-state index >= 15 is 0 Å². The fraction of sp³-hybridized carbons (Fsp3) is 0.455. The van der Waals surface area contributed by atoms with E-state index in [-0.39, 0.29) is 0 Å². The predicted molar refractivity (Wildman–Crippen MR) is 67.7 cm³/mol. The van der Waals surface area contributed by atoms with Crippen LogP contribution in [0.15, 0.2) is 18.5 Å². The molecule has 1 aromatic rings. The van der Waals surface area contributed by atoms with Gasteiger partial charge in [0.05, 0.1) is 17.2 Å². The van der Waals surface area contributed by atoms with Gasteiger partial charge in [0.25, 0.3) is 0 Å². The number of aromatic nitrogens is 1. The Morgan fingerprint density at radius 3 is 2.75 bits per heavy atom. The molecule has 0 saturated carbocycles. The van der Waals surface area contributed by atoms with Crippen LogP contribution in [0.5, 0.6) is 0 Å². The number of carbonyl (C=O) groups is 1. The van der Waals surface area contributed by atoms with Gasteiger partial charge < -0.3 is 4.74 Å². The summed E-state index contributed by atoms with van der Waals surface area (Å²) in [6.07, 6.45) is 2.97. The molecule has 0 spiro atoms. The highest BCUT2D eigenvalue weighted by Gasteiger charge is 2.16. The number of hydrogen-bond donors (Lipinski definition) is 0. The minimum atomic E-state index is -1.16. The molecule has 0 aromatic carbocycles. The number of pyridine rings is 1. The molecule has 0 aliphatic rings. The summed E-state index contributed by atoms with van der Waals surface area (Å²) >= 11 is 5.86. The normalized spacial score (nSPS) is 11.2. The Bertz CT molecular complexity index is 376. The molecule has 5 heteroatoms. The maximum atomic E-state index is 11.6. The molecule has 0 unspecified atom stereocenters. The van der Waals surface area contributed by atoms with Crippen molar-refractivity contribution in [3.8, 4) is 0 Å². The summed E-state index contributed by atoms with van der Waals surface area (Å²) < 4.78 is 5.16. The van der Waals surface area contributed by atoms with Gasteiger partial charge in [-0.1, -0.05) is 31.2 Å². The van der Waals surface area contributed by atoms with E-state index in [4.69, 9.17) is 16.3 Å². The Labute approximate surface area is 102 Å². The minimum Gasteiger partial charge on any atom is -0.462 e. The molecule has 16 heavy (non-hydrogen) atoms. The first-order valence-corrected chi connectivity index (χ1v) is 9.25. The second-order valence-electron chi connectivity index (χ2n) is 4.80. The molecular formula is C11H16ClNO2Si. The average Bonchev–Trinajstić information content (AvgIpc) is 2.16. The third-order valence-electron chi connectivity index (χ3n) is 2.07. The van der Waals surface area contributed by atoms with Crippen LogP contribution in [0.1, 0.15) is 10.4 Å². The Hall–Kier alpha value is -0.873. The molecule has 1 rings (SSSR count). The number of carbonyl (C=O) groups excluding carboxylic acids is 1. The van der Waals surface area contributed by atoms with Gasteiger partial charge in [-0.05, 0) is 12.1 Å². The average molecular weight is 258 g/mol. The largest absolute Gasteiger partial charge is 0.462 e. The molecular weight excluding hydrogens is 242 g/mol. The topological polar surface area (TPSA) is 39.2 Å². The third-order valence-corrected chi connectivity index (χ3v) is 4.11. The van der Waals surface area contributed by atoms with E-state index in [1.165, 1.54) is 6.20 Å². The van der Waals surface area contributed by atoms with Crippen LogP contribution in [0, 0.1) is 0 Å². The van der Waals surface area contributed by atoms with E-state index in [9.17, 15) is 4.79 Å². The van der Waals surface area contributed by atoms with E-state index < -0.39 is 14.0 Å². The standard InChI is InChI=1S/C11H16ClNO2Si/c1-16(2,3)7-6-15-11(14)9-8-13-5-4-10(9)12/h4-5,8H,6-7H2,1-3H3. The monoisotopic (exact) mass is 257 g/mol. The second-order valence-corrected chi connectivity index (χ2v) is 10.8. The van der Waals surface area contributed by atoms with E-state index in [0.717, 1.165) is 6.04 Å². The van der Waals surface area contributed by atoms with Crippen LogP contribution in [-0.2, 0) is 4.74 Å². The van der Waals surface area contributed by atoms with Gasteiger partial charge in [0, 0.05) is 20.5 Å². The Morgan fingerprint density at radius 2 is 2.19 bits per heavy atom. The van der Waals surface area contributed by atoms with Crippen LogP contribution < -0.4 is 0 Å². The number of nitrogens with zero attached hydrogens (tertiary/aromatic N) is 1. The van der Waals surface area contributed by atoms with Crippen molar-refractivity contribution in [1.29, 1.82) is 0 Å². The molecule has 1 aromatic heterocycles. The lowest BCUT2D eigenvalue weighted by Crippen LogP contribution is -2.22. The highest BCUT2D eigenvalue weighted by molar-refractivity contribution is 6.76. The zero-order valence-corrected chi connectivity index (χ0v) is 11.5. The summed E-state index contributed by atoms with van der Waals surface area (Å²) in [4.78, 5) is 15.5. The molecule has 1 heterocycles. The van der Waals surface area contributed by atoms with Gasteiger partial charge in [-0.25, -0.2) is 4.79 Å². The van der Waals surface area contributed by atoms with Crippen LogP contribution >= 0.6 is 11.6 Å². The molecule has 0 fully saturated rings. The van der Waals surface area contributed by atoms with Crippen molar-refractivity contribution in [2.24, 2.45) is 0 Å². The highest BCUT2D eigenvalue weighted by atomic mass is 35.5. The molecule has 0 amide bonds. The van der Waals surface area contributed by atoms with Crippen molar-refractivity contribution in [2.75, 3.05) is 6.61 Å². The summed E-state index contributed by atoms with van der Waals surface area (Å²) in [6.45, 7) is 7.16. The first-order valence-electron chi connectivity index (χ1n) is 5.17. The molecule has 3 nitrogen and oxygen atoms in total. The lowest BCUT2D eigenvalue weighted by atomic mass is 10.3. The molecule has 0 atom stereocenters. The van der Waals surface area contributed by atoms with E-state index in [1.54, 1.807) is 12.3 Å². The number of halogens is 1. The van der Waals surface area contributed by atoms with E-state index in [1.807, 2.05) is 0 Å². The van der Waals surface area contributed by atoms with Crippen molar-refractivity contribution in [3.05, 3.63) is 29.0 Å². The SMILES string of the molecule is C[Si](C)(C)CCOC(=O)c1cnccc1Cl. The molecule has 0 bridgehead atoms. The van der Waals surface area contributed by atoms with Crippen LogP contribution in [0.25, 0.3) is 0 Å². The Morgan fingerprint density at radius 1 is 1.50 bits per heavy atom. The van der Waals surface area contributed by atoms with Crippen molar-refractivity contribution in [3.63, 3.8) is 0 Å². The summed E-state index contributed by atoms with van der Waals surface area (Å²) in [5, 5.41) is 0.382. The number of hydrogen-bond acceptors (Lipinski definition) is 3. The number of rotatable bonds is 4. The van der Waals surface area contributed by atoms with E-state index in [2.05, 4.69) is 24.6 Å². The summed E-state index contributed by atoms with van der Waals surface area (Å²) in [7, 11) is -1.16. The number of ether oxygens (including phenoxy) is 1. The van der Waals surface area contributed by atoms with Crippen molar-refractivity contribution in [2.45, 2.75) is 25.7 Å². The van der Waals surface area contributed by atoms with Crippen molar-refractivity contribution >= 4 is 25.6 Å². The minimum absolute atomic E-state index is 0.333. The van der Waals surface area contributed by atoms with Gasteiger partial charge in [0.15, 0.2) is 0 Å². The summed E-state index contributed by atoms with van der Waals surface area (Å²) in [5.41, 5.74) is 0.333. The van der Waals surface area contributed by atoms with Gasteiger partial charge >= 0.3 is 5.97 Å². The van der Waals surface area contributed by atoms with Gasteiger partial charge in [0.1, 0.15) is 0 Å². The summed E-state index contributed by atoms with van der Waals surface area (Å²) in [6, 6.07) is 2.53. The lowest BCUT2D eigenvalue weighted by Gasteiger charge is -2.15. The fourth-order valence-corrected chi connectivity index (χ4v) is 1.95. The van der Waals surface area contributed by atoms with Gasteiger partial charge in [0.2, 0.25) is 0 Å². The zero-order valence-electron chi connectivity index (χ0n) is 9.79. The summed E-state index contributed by atoms with van der Waals surface area (Å²) in [5.74, 6) is -0.392. The quantitative estimate of drug-likeness (QED) is 0.614. The first kappa shape index (κ1) is 13.2. The maximum absolute atomic E-state index is 11.6. The predicted octanol–water partition coefficient (Wildman–Crippen LogP) is 3.23. The smallest absolute Gasteiger partial charge is 0.341 e. The molecule has 0 N–H and O–H groups in total. The molecule has 88 valence electrons. The Balaban J connectivity index is 2.51. The maximum Gasteiger partial charge on any atom is 0.341 e. The van der Waals surface area contributed by atoms with Crippen LogP contribution in [0.4, 0.5) is 0 Å². The van der Waals surface area contributed by atoms with Crippen LogP contribution in [0.3, 0.4) is 0 Å². The first-order chi connectivity index (χ1) is 7.40. The van der Waals surface area contributed by atoms with Gasteiger partial charge in [-0.15, -0.1) is 0 Å². The van der Waals surface area contributed by atoms with Crippen molar-refractivity contribution < 1.29 is 9.53 Å². The van der Waals surface area contributed by atoms with E-state index in [0.29, 0.717) is 17.2 Å². The molecule has 0 aliphatic heterocycles. The van der Waals surface area contributed by atoms with Gasteiger partial charge in [-0.3, -0.25) is 4.98 Å². The second kappa shape index (κ2) is 5.45. The third kappa shape index (κ3) is 4.33. The Kier molecular flexibility index (Phi) is 4.50. The molecule has 0 radical (unpaired) electrons. The van der Waals surface area contributed by atoms with Crippen LogP contribution in [-0.4, -0.2) is 25.6 Å². The number of esters is 1. The van der Waals surface area contributed by atoms with Gasteiger partial charge in [-0.2, -0.15) is 0 Å². The lowest BCUT2D eigenvalue weighted by molar-refractivity contribution is 0.0525. The molecule has 0 saturated heterocycles. The van der Waals surface area contributed by atoms with Crippen molar-refractivity contribution in [1.82, 2.24) is 4.98 Å². The molecule has 0 aliphatic carbocycles. The fourth-order valence-electron chi connectivity index (χ4n) is 1.06.